The maximum Gasteiger partial charge on any atom is 0.169 e. The molecule has 5 heteroatoms. The van der Waals surface area contributed by atoms with Crippen LogP contribution in [0.3, 0.4) is 0 Å². The Bertz CT molecular complexity index is 622. The van der Waals surface area contributed by atoms with Crippen LogP contribution in [0.1, 0.15) is 5.56 Å². The summed E-state index contributed by atoms with van der Waals surface area (Å²) in [6.45, 7) is 0. The molecule has 0 unspecified atom stereocenters. The van der Waals surface area contributed by atoms with Gasteiger partial charge in [-0.15, -0.1) is 0 Å². The van der Waals surface area contributed by atoms with Crippen LogP contribution < -0.4 is 4.90 Å². The lowest BCUT2D eigenvalue weighted by molar-refractivity contribution is 0.621. The number of rotatable bonds is 2. The number of hydrogen-bond acceptors (Lipinski definition) is 3. The summed E-state index contributed by atoms with van der Waals surface area (Å²) in [5, 5.41) is 9.08. The molecule has 0 atom stereocenters. The van der Waals surface area contributed by atoms with E-state index in [2.05, 4.69) is 4.98 Å². The maximum atomic E-state index is 13.7. The molecular weight excluding hydrogens is 253 g/mol. The van der Waals surface area contributed by atoms with E-state index in [1.165, 1.54) is 12.3 Å². The highest BCUT2D eigenvalue weighted by molar-refractivity contribution is 6.30. The van der Waals surface area contributed by atoms with Crippen molar-refractivity contribution in [2.45, 2.75) is 0 Å². The van der Waals surface area contributed by atoms with Crippen molar-refractivity contribution in [3.05, 3.63) is 52.9 Å². The summed E-state index contributed by atoms with van der Waals surface area (Å²) in [6.07, 6.45) is 1.38. The second kappa shape index (κ2) is 5.03. The van der Waals surface area contributed by atoms with E-state index < -0.39 is 5.82 Å². The monoisotopic (exact) mass is 261 g/mol. The van der Waals surface area contributed by atoms with Crippen LogP contribution >= 0.6 is 11.6 Å². The molecule has 1 aromatic heterocycles. The first-order valence-electron chi connectivity index (χ1n) is 5.17. The molecule has 0 amide bonds. The number of benzene rings is 1. The zero-order valence-electron chi connectivity index (χ0n) is 9.56. The minimum absolute atomic E-state index is 0.162. The Morgan fingerprint density at radius 2 is 2.17 bits per heavy atom. The highest BCUT2D eigenvalue weighted by Gasteiger charge is 2.11. The predicted molar refractivity (Wildman–Crippen MR) is 68.4 cm³/mol. The van der Waals surface area contributed by atoms with Crippen LogP contribution in [0.25, 0.3) is 0 Å². The molecule has 0 saturated heterocycles. The molecule has 0 aliphatic rings. The molecule has 90 valence electrons. The second-order valence-electron chi connectivity index (χ2n) is 3.68. The Morgan fingerprint density at radius 1 is 1.39 bits per heavy atom. The van der Waals surface area contributed by atoms with Crippen LogP contribution in [0.15, 0.2) is 36.5 Å². The van der Waals surface area contributed by atoms with Crippen molar-refractivity contribution < 1.29 is 4.39 Å². The van der Waals surface area contributed by atoms with Crippen molar-refractivity contribution in [1.29, 1.82) is 5.26 Å². The van der Waals surface area contributed by atoms with Gasteiger partial charge in [-0.25, -0.2) is 9.37 Å². The molecule has 0 radical (unpaired) electrons. The number of nitriles is 1. The number of halogens is 2. The van der Waals surface area contributed by atoms with Crippen molar-refractivity contribution in [3.8, 4) is 6.07 Å². The van der Waals surface area contributed by atoms with E-state index >= 15 is 0 Å². The fraction of sp³-hybridized carbons (Fsp3) is 0.0769. The third-order valence-corrected chi connectivity index (χ3v) is 2.68. The van der Waals surface area contributed by atoms with Crippen molar-refractivity contribution in [2.24, 2.45) is 0 Å². The average molecular weight is 262 g/mol. The van der Waals surface area contributed by atoms with Crippen molar-refractivity contribution in [2.75, 3.05) is 11.9 Å². The molecular formula is C13H9ClFN3. The lowest BCUT2D eigenvalue weighted by atomic mass is 10.2. The quantitative estimate of drug-likeness (QED) is 0.830. The zero-order chi connectivity index (χ0) is 13.1. The van der Waals surface area contributed by atoms with Crippen LogP contribution in [-0.2, 0) is 0 Å². The van der Waals surface area contributed by atoms with Gasteiger partial charge in [0.25, 0.3) is 0 Å². The highest BCUT2D eigenvalue weighted by atomic mass is 35.5. The lowest BCUT2D eigenvalue weighted by Gasteiger charge is -2.18. The number of aromatic nitrogens is 1. The van der Waals surface area contributed by atoms with Gasteiger partial charge in [-0.3, -0.25) is 0 Å². The van der Waals surface area contributed by atoms with Crippen molar-refractivity contribution in [1.82, 2.24) is 4.98 Å². The third-order valence-electron chi connectivity index (χ3n) is 2.47. The molecule has 0 aliphatic heterocycles. The Hall–Kier alpha value is -2.12. The van der Waals surface area contributed by atoms with E-state index in [9.17, 15) is 4.39 Å². The summed E-state index contributed by atoms with van der Waals surface area (Å²) in [5.41, 5.74) is 1.19. The highest BCUT2D eigenvalue weighted by Crippen LogP contribution is 2.26. The zero-order valence-corrected chi connectivity index (χ0v) is 10.3. The summed E-state index contributed by atoms with van der Waals surface area (Å²) in [6, 6.07) is 10.1. The van der Waals surface area contributed by atoms with Gasteiger partial charge in [0, 0.05) is 18.9 Å². The smallest absolute Gasteiger partial charge is 0.169 e. The van der Waals surface area contributed by atoms with E-state index in [0.717, 1.165) is 0 Å². The first-order chi connectivity index (χ1) is 8.61. The molecule has 1 heterocycles. The van der Waals surface area contributed by atoms with Gasteiger partial charge in [0.15, 0.2) is 11.6 Å². The van der Waals surface area contributed by atoms with E-state index in [1.807, 2.05) is 6.07 Å². The Morgan fingerprint density at radius 3 is 2.83 bits per heavy atom. The molecule has 0 spiro atoms. The largest absolute Gasteiger partial charge is 0.327 e. The lowest BCUT2D eigenvalue weighted by Crippen LogP contribution is -2.13. The van der Waals surface area contributed by atoms with Crippen LogP contribution in [0.4, 0.5) is 15.9 Å². The van der Waals surface area contributed by atoms with E-state index in [0.29, 0.717) is 11.3 Å². The summed E-state index contributed by atoms with van der Waals surface area (Å²) < 4.78 is 13.7. The van der Waals surface area contributed by atoms with E-state index in [4.69, 9.17) is 16.9 Å². The molecule has 2 aromatic rings. The minimum atomic E-state index is -0.507. The summed E-state index contributed by atoms with van der Waals surface area (Å²) >= 11 is 5.65. The summed E-state index contributed by atoms with van der Waals surface area (Å²) in [5.74, 6) is -0.346. The van der Waals surface area contributed by atoms with Gasteiger partial charge >= 0.3 is 0 Å². The minimum Gasteiger partial charge on any atom is -0.327 e. The Labute approximate surface area is 109 Å². The molecule has 0 fully saturated rings. The van der Waals surface area contributed by atoms with Gasteiger partial charge in [-0.1, -0.05) is 17.7 Å². The van der Waals surface area contributed by atoms with Crippen LogP contribution in [0.2, 0.25) is 5.02 Å². The van der Waals surface area contributed by atoms with Crippen LogP contribution in [-0.4, -0.2) is 12.0 Å². The fourth-order valence-corrected chi connectivity index (χ4v) is 1.71. The molecule has 0 bridgehead atoms. The predicted octanol–water partition coefficient (Wildman–Crippen LogP) is 3.51. The van der Waals surface area contributed by atoms with Gasteiger partial charge in [-0.2, -0.15) is 5.26 Å². The molecule has 18 heavy (non-hydrogen) atoms. The number of nitrogens with zero attached hydrogens (tertiary/aromatic N) is 3. The molecule has 0 N–H and O–H groups in total. The van der Waals surface area contributed by atoms with Gasteiger partial charge in [-0.05, 0) is 24.3 Å². The maximum absolute atomic E-state index is 13.7. The topological polar surface area (TPSA) is 39.9 Å². The third kappa shape index (κ3) is 2.41. The number of anilines is 2. The van der Waals surface area contributed by atoms with Crippen molar-refractivity contribution >= 4 is 23.1 Å². The first-order valence-corrected chi connectivity index (χ1v) is 5.54. The summed E-state index contributed by atoms with van der Waals surface area (Å²) in [4.78, 5) is 5.51. The van der Waals surface area contributed by atoms with Crippen LogP contribution in [0.5, 0.6) is 0 Å². The summed E-state index contributed by atoms with van der Waals surface area (Å²) in [7, 11) is 1.68. The molecule has 0 saturated carbocycles. The first kappa shape index (κ1) is 12.3. The second-order valence-corrected chi connectivity index (χ2v) is 4.12. The molecule has 2 rings (SSSR count). The molecule has 0 aliphatic carbocycles. The van der Waals surface area contributed by atoms with E-state index in [-0.39, 0.29) is 10.8 Å². The van der Waals surface area contributed by atoms with E-state index in [1.54, 1.807) is 36.2 Å². The Balaban J connectivity index is 2.41. The number of hydrogen-bond donors (Lipinski definition) is 0. The fourth-order valence-electron chi connectivity index (χ4n) is 1.56. The van der Waals surface area contributed by atoms with Gasteiger partial charge in [0.2, 0.25) is 0 Å². The SMILES string of the molecule is CN(c1cccc(C#N)c1)c1ncc(Cl)cc1F. The molecule has 3 nitrogen and oxygen atoms in total. The van der Waals surface area contributed by atoms with Gasteiger partial charge < -0.3 is 4.90 Å². The number of pyridine rings is 1. The normalized spacial score (nSPS) is 9.89. The Kier molecular flexibility index (Phi) is 3.45. The molecule has 1 aromatic carbocycles. The standard InChI is InChI=1S/C13H9ClFN3/c1-18(11-4-2-3-9(5-11)7-16)13-12(15)6-10(14)8-17-13/h2-6,8H,1H3. The average Bonchev–Trinajstić information content (AvgIpc) is 2.38. The van der Waals surface area contributed by atoms with Crippen molar-refractivity contribution in [3.63, 3.8) is 0 Å². The van der Waals surface area contributed by atoms with Gasteiger partial charge in [0.05, 0.1) is 16.7 Å². The van der Waals surface area contributed by atoms with Gasteiger partial charge in [0.1, 0.15) is 0 Å². The van der Waals surface area contributed by atoms with Crippen LogP contribution in [0, 0.1) is 17.1 Å².